The lowest BCUT2D eigenvalue weighted by Crippen LogP contribution is -2.50. The number of methoxy groups -OCH3 is 1. The maximum atomic E-state index is 13.0. The van der Waals surface area contributed by atoms with Crippen LogP contribution in [0.3, 0.4) is 0 Å². The van der Waals surface area contributed by atoms with Gasteiger partial charge in [-0.05, 0) is 34.3 Å². The second kappa shape index (κ2) is 9.49. The predicted octanol–water partition coefficient (Wildman–Crippen LogP) is 5.03. The number of hydrogen-bond donors (Lipinski definition) is 0. The van der Waals surface area contributed by atoms with E-state index < -0.39 is 8.07 Å². The van der Waals surface area contributed by atoms with Crippen molar-refractivity contribution in [2.45, 2.75) is 71.1 Å². The van der Waals surface area contributed by atoms with Crippen molar-refractivity contribution in [2.24, 2.45) is 0 Å². The van der Waals surface area contributed by atoms with Gasteiger partial charge in [0.1, 0.15) is 13.8 Å². The molecule has 0 radical (unpaired) electrons. The Morgan fingerprint density at radius 2 is 1.55 bits per heavy atom. The van der Waals surface area contributed by atoms with E-state index in [4.69, 9.17) is 4.74 Å². The van der Waals surface area contributed by atoms with E-state index in [0.29, 0.717) is 29.6 Å². The van der Waals surface area contributed by atoms with Crippen molar-refractivity contribution in [3.63, 3.8) is 0 Å². The maximum Gasteiger partial charge on any atom is 0.338 e. The third kappa shape index (κ3) is 4.84. The van der Waals surface area contributed by atoms with Gasteiger partial charge >= 0.3 is 6.03 Å². The Kier molecular flexibility index (Phi) is 7.53. The van der Waals surface area contributed by atoms with Crippen LogP contribution in [-0.2, 0) is 11.3 Å². The molecule has 0 bridgehead atoms. The Morgan fingerprint density at radius 1 is 1.00 bits per heavy atom. The summed E-state index contributed by atoms with van der Waals surface area (Å²) in [6.07, 6.45) is 0.302. The summed E-state index contributed by atoms with van der Waals surface area (Å²) < 4.78 is 5.17. The molecule has 1 aliphatic rings. The average molecular weight is 415 g/mol. The molecule has 1 heterocycles. The Morgan fingerprint density at radius 3 is 2.03 bits per heavy atom. The van der Waals surface area contributed by atoms with Gasteiger partial charge in [0.25, 0.3) is 0 Å². The van der Waals surface area contributed by atoms with E-state index in [-0.39, 0.29) is 18.5 Å². The lowest BCUT2D eigenvalue weighted by Gasteiger charge is -2.38. The molecule has 3 amide bonds. The molecular weight excluding hydrogens is 380 g/mol. The van der Waals surface area contributed by atoms with Crippen LogP contribution in [0.4, 0.5) is 4.79 Å². The fraction of sp³-hybridized carbons (Fsp3) is 0.565. The van der Waals surface area contributed by atoms with Crippen LogP contribution >= 0.6 is 0 Å². The van der Waals surface area contributed by atoms with E-state index in [0.717, 1.165) is 11.3 Å². The molecule has 1 aliphatic heterocycles. The van der Waals surface area contributed by atoms with Crippen LogP contribution in [0.25, 0.3) is 0 Å². The van der Waals surface area contributed by atoms with Crippen molar-refractivity contribution < 1.29 is 14.3 Å². The normalized spacial score (nSPS) is 15.2. The zero-order valence-electron chi connectivity index (χ0n) is 18.8. The summed E-state index contributed by atoms with van der Waals surface area (Å²) in [6.45, 7) is 14.1. The minimum Gasteiger partial charge on any atom is -0.497 e. The van der Waals surface area contributed by atoms with E-state index in [1.807, 2.05) is 24.3 Å². The van der Waals surface area contributed by atoms with Crippen molar-refractivity contribution in [3.05, 3.63) is 29.8 Å². The second-order valence-electron chi connectivity index (χ2n) is 8.65. The predicted molar refractivity (Wildman–Crippen MR) is 119 cm³/mol. The zero-order chi connectivity index (χ0) is 21.8. The van der Waals surface area contributed by atoms with Crippen LogP contribution in [0, 0.1) is 11.6 Å². The topological polar surface area (TPSA) is 49.9 Å². The average Bonchev–Trinajstić information content (AvgIpc) is 2.66. The van der Waals surface area contributed by atoms with E-state index in [9.17, 15) is 9.59 Å². The first-order chi connectivity index (χ1) is 13.6. The Balaban J connectivity index is 2.26. The first kappa shape index (κ1) is 23.0. The van der Waals surface area contributed by atoms with E-state index in [1.165, 1.54) is 4.90 Å². The largest absolute Gasteiger partial charge is 0.497 e. The molecule has 1 aromatic rings. The smallest absolute Gasteiger partial charge is 0.338 e. The van der Waals surface area contributed by atoms with E-state index in [2.05, 4.69) is 53.1 Å². The first-order valence-corrected chi connectivity index (χ1v) is 12.6. The SMILES string of the molecule is COc1ccc(CN2C(=O)CCN(C#C[Si](C(C)C)(C(C)C)C(C)C)C2=O)cc1. The van der Waals surface area contributed by atoms with Crippen LogP contribution in [0.5, 0.6) is 5.75 Å². The van der Waals surface area contributed by atoms with Gasteiger partial charge in [-0.15, -0.1) is 5.54 Å². The van der Waals surface area contributed by atoms with E-state index >= 15 is 0 Å². The second-order valence-corrected chi connectivity index (χ2v) is 14.2. The Bertz CT molecular complexity index is 769. The first-order valence-electron chi connectivity index (χ1n) is 10.4. The summed E-state index contributed by atoms with van der Waals surface area (Å²) in [5.74, 6) is 0.596. The summed E-state index contributed by atoms with van der Waals surface area (Å²) in [5.41, 5.74) is 5.95. The van der Waals surface area contributed by atoms with Gasteiger partial charge in [-0.1, -0.05) is 53.7 Å². The highest BCUT2D eigenvalue weighted by Gasteiger charge is 2.42. The summed E-state index contributed by atoms with van der Waals surface area (Å²) in [4.78, 5) is 28.3. The van der Waals surface area contributed by atoms with E-state index in [1.54, 1.807) is 12.0 Å². The van der Waals surface area contributed by atoms with Gasteiger partial charge in [-0.3, -0.25) is 14.6 Å². The number of imide groups is 1. The molecule has 1 fully saturated rings. The summed E-state index contributed by atoms with van der Waals surface area (Å²) in [5, 5.41) is 0. The Labute approximate surface area is 176 Å². The van der Waals surface area contributed by atoms with Gasteiger partial charge in [0, 0.05) is 19.0 Å². The number of hydrogen-bond acceptors (Lipinski definition) is 3. The summed E-state index contributed by atoms with van der Waals surface area (Å²) in [7, 11) is -0.328. The summed E-state index contributed by atoms with van der Waals surface area (Å²) in [6, 6.07) is 10.3. The van der Waals surface area contributed by atoms with Gasteiger partial charge in [0.2, 0.25) is 5.91 Å². The number of carbonyl (C=O) groups excluding carboxylic acids is 2. The van der Waals surface area contributed by atoms with Gasteiger partial charge < -0.3 is 4.74 Å². The van der Waals surface area contributed by atoms with Crippen LogP contribution < -0.4 is 4.74 Å². The standard InChI is InChI=1S/C23H34N2O3Si/c1-17(2)29(18(3)4,19(5)6)15-14-24-13-12-22(26)25(23(24)27)16-20-8-10-21(28-7)11-9-20/h8-11,17-19H,12-13,16H2,1-7H3. The molecule has 0 N–H and O–H groups in total. The molecule has 6 heteroatoms. The van der Waals surface area contributed by atoms with Crippen LogP contribution in [0.15, 0.2) is 24.3 Å². The number of nitrogens with zero attached hydrogens (tertiary/aromatic N) is 2. The van der Waals surface area contributed by atoms with Crippen molar-refractivity contribution in [1.82, 2.24) is 9.80 Å². The fourth-order valence-electron chi connectivity index (χ4n) is 4.46. The quantitative estimate of drug-likeness (QED) is 0.485. The number of benzene rings is 1. The molecule has 1 aromatic carbocycles. The molecule has 2 rings (SSSR count). The Hall–Kier alpha value is -2.26. The van der Waals surface area contributed by atoms with Crippen molar-refractivity contribution >= 4 is 20.0 Å². The third-order valence-corrected chi connectivity index (χ3v) is 12.4. The van der Waals surface area contributed by atoms with Crippen molar-refractivity contribution in [1.29, 1.82) is 0 Å². The number of urea groups is 1. The molecule has 0 saturated carbocycles. The van der Waals surface area contributed by atoms with Crippen molar-refractivity contribution in [2.75, 3.05) is 13.7 Å². The number of rotatable bonds is 6. The molecule has 0 atom stereocenters. The lowest BCUT2D eigenvalue weighted by molar-refractivity contribution is -0.130. The van der Waals surface area contributed by atoms with Gasteiger partial charge in [0.15, 0.2) is 0 Å². The minimum atomic E-state index is -1.94. The molecule has 29 heavy (non-hydrogen) atoms. The highest BCUT2D eigenvalue weighted by molar-refractivity contribution is 6.90. The van der Waals surface area contributed by atoms with Crippen molar-refractivity contribution in [3.8, 4) is 17.3 Å². The monoisotopic (exact) mass is 414 g/mol. The minimum absolute atomic E-state index is 0.149. The lowest BCUT2D eigenvalue weighted by atomic mass is 10.2. The zero-order valence-corrected chi connectivity index (χ0v) is 19.8. The maximum absolute atomic E-state index is 13.0. The van der Waals surface area contributed by atoms with Crippen LogP contribution in [0.1, 0.15) is 53.5 Å². The fourth-order valence-corrected chi connectivity index (χ4v) is 9.66. The number of amides is 3. The van der Waals surface area contributed by atoms with Crippen LogP contribution in [0.2, 0.25) is 16.6 Å². The van der Waals surface area contributed by atoms with Gasteiger partial charge in [-0.25, -0.2) is 4.79 Å². The summed E-state index contributed by atoms with van der Waals surface area (Å²) >= 11 is 0. The molecule has 5 nitrogen and oxygen atoms in total. The molecule has 0 aliphatic carbocycles. The molecule has 0 spiro atoms. The highest BCUT2D eigenvalue weighted by atomic mass is 28.3. The van der Waals surface area contributed by atoms with Gasteiger partial charge in [-0.2, -0.15) is 0 Å². The molecule has 0 aromatic heterocycles. The van der Waals surface area contributed by atoms with Crippen LogP contribution in [-0.4, -0.2) is 43.5 Å². The molecular formula is C23H34N2O3Si. The number of carbonyl (C=O) groups is 2. The molecule has 1 saturated heterocycles. The molecule has 158 valence electrons. The highest BCUT2D eigenvalue weighted by Crippen LogP contribution is 2.40. The third-order valence-electron chi connectivity index (χ3n) is 6.09. The molecule has 0 unspecified atom stereocenters. The number of ether oxygens (including phenoxy) is 1. The van der Waals surface area contributed by atoms with Gasteiger partial charge in [0.05, 0.1) is 13.7 Å².